The number of carbonyl (C=O) groups is 3. The van der Waals surface area contributed by atoms with Gasteiger partial charge in [0.05, 0.1) is 14.2 Å². The van der Waals surface area contributed by atoms with Crippen LogP contribution in [0.15, 0.2) is 29.8 Å². The summed E-state index contributed by atoms with van der Waals surface area (Å²) in [5, 5.41) is 0. The van der Waals surface area contributed by atoms with E-state index in [9.17, 15) is 14.4 Å². The molecule has 0 unspecified atom stereocenters. The highest BCUT2D eigenvalue weighted by molar-refractivity contribution is 6.00. The number of fused-ring (bicyclic) bond motifs is 1. The Morgan fingerprint density at radius 1 is 1.26 bits per heavy atom. The third-order valence-corrected chi connectivity index (χ3v) is 6.40. The van der Waals surface area contributed by atoms with Gasteiger partial charge in [0.15, 0.2) is 5.78 Å². The summed E-state index contributed by atoms with van der Waals surface area (Å²) in [7, 11) is 2.96. The average molecular weight is 370 g/mol. The Labute approximate surface area is 159 Å². The molecule has 0 heterocycles. The van der Waals surface area contributed by atoms with Gasteiger partial charge < -0.3 is 14.3 Å². The monoisotopic (exact) mass is 370 g/mol. The Hall–Kier alpha value is -2.43. The maximum Gasteiger partial charge on any atom is 0.330 e. The smallest absolute Gasteiger partial charge is 0.330 e. The first-order chi connectivity index (χ1) is 12.9. The summed E-state index contributed by atoms with van der Waals surface area (Å²) in [6.45, 7) is 2.00. The highest BCUT2D eigenvalue weighted by Gasteiger charge is 2.49. The number of ketones is 1. The molecule has 2 aliphatic carbocycles. The van der Waals surface area contributed by atoms with Gasteiger partial charge in [-0.25, -0.2) is 4.79 Å². The molecule has 0 spiro atoms. The molecule has 27 heavy (non-hydrogen) atoms. The van der Waals surface area contributed by atoms with Gasteiger partial charge in [0.2, 0.25) is 0 Å². The molecule has 1 fully saturated rings. The summed E-state index contributed by atoms with van der Waals surface area (Å²) in [5.41, 5.74) is 2.21. The van der Waals surface area contributed by atoms with Crippen molar-refractivity contribution >= 4 is 18.0 Å². The van der Waals surface area contributed by atoms with Crippen LogP contribution in [0.2, 0.25) is 0 Å². The van der Waals surface area contributed by atoms with Gasteiger partial charge in [0, 0.05) is 24.0 Å². The predicted molar refractivity (Wildman–Crippen MR) is 101 cm³/mol. The predicted octanol–water partition coefficient (Wildman–Crippen LogP) is 3.55. The van der Waals surface area contributed by atoms with Gasteiger partial charge in [-0.2, -0.15) is 0 Å². The molecule has 1 saturated carbocycles. The van der Waals surface area contributed by atoms with Gasteiger partial charge in [-0.1, -0.05) is 12.5 Å². The highest BCUT2D eigenvalue weighted by atomic mass is 16.5. The molecule has 0 bridgehead atoms. The van der Waals surface area contributed by atoms with Crippen molar-refractivity contribution in [3.05, 3.63) is 41.0 Å². The minimum Gasteiger partial charge on any atom is -0.497 e. The van der Waals surface area contributed by atoms with Crippen LogP contribution in [-0.2, 0) is 20.7 Å². The van der Waals surface area contributed by atoms with Crippen LogP contribution in [0.4, 0.5) is 0 Å². The normalized spacial score (nSPS) is 28.7. The first-order valence-electron chi connectivity index (χ1n) is 9.38. The van der Waals surface area contributed by atoms with Crippen LogP contribution in [0, 0.1) is 17.3 Å². The van der Waals surface area contributed by atoms with Crippen molar-refractivity contribution in [3.63, 3.8) is 0 Å². The topological polar surface area (TPSA) is 69.7 Å². The maximum atomic E-state index is 13.2. The fourth-order valence-electron chi connectivity index (χ4n) is 4.86. The van der Waals surface area contributed by atoms with Gasteiger partial charge in [-0.15, -0.1) is 0 Å². The number of Topliss-reactive ketones (excluding diaryl/α,β-unsaturated/α-hetero) is 1. The molecule has 1 aromatic carbocycles. The lowest BCUT2D eigenvalue weighted by atomic mass is 9.64. The van der Waals surface area contributed by atoms with Crippen LogP contribution in [0.5, 0.6) is 5.75 Å². The summed E-state index contributed by atoms with van der Waals surface area (Å²) in [6.07, 6.45) is 5.79. The lowest BCUT2D eigenvalue weighted by Crippen LogP contribution is -2.37. The number of rotatable bonds is 5. The van der Waals surface area contributed by atoms with Crippen LogP contribution in [0.25, 0.3) is 0 Å². The Bertz CT molecular complexity index is 794. The molecule has 0 aliphatic heterocycles. The van der Waals surface area contributed by atoms with Crippen molar-refractivity contribution in [3.8, 4) is 5.75 Å². The summed E-state index contributed by atoms with van der Waals surface area (Å²) >= 11 is 0. The van der Waals surface area contributed by atoms with Crippen molar-refractivity contribution in [2.75, 3.05) is 14.2 Å². The lowest BCUT2D eigenvalue weighted by molar-refractivity contribution is -0.135. The number of methoxy groups -OCH3 is 2. The molecule has 2 aliphatic rings. The number of hydrogen-bond donors (Lipinski definition) is 0. The lowest BCUT2D eigenvalue weighted by Gasteiger charge is -2.38. The molecule has 0 N–H and O–H groups in total. The minimum absolute atomic E-state index is 0.0429. The van der Waals surface area contributed by atoms with Crippen molar-refractivity contribution < 1.29 is 23.9 Å². The van der Waals surface area contributed by atoms with E-state index < -0.39 is 11.4 Å². The molecule has 5 nitrogen and oxygen atoms in total. The molecule has 3 rings (SSSR count). The first kappa shape index (κ1) is 19.3. The second kappa shape index (κ2) is 7.67. The second-order valence-corrected chi connectivity index (χ2v) is 7.66. The molecular weight excluding hydrogens is 344 g/mol. The van der Waals surface area contributed by atoms with Crippen LogP contribution < -0.4 is 4.74 Å². The number of hydrogen-bond acceptors (Lipinski definition) is 5. The van der Waals surface area contributed by atoms with Crippen LogP contribution in [0.1, 0.15) is 48.5 Å². The van der Waals surface area contributed by atoms with Gasteiger partial charge in [0.25, 0.3) is 0 Å². The average Bonchev–Trinajstić information content (AvgIpc) is 2.98. The Balaban J connectivity index is 1.93. The van der Waals surface area contributed by atoms with Crippen LogP contribution in [-0.4, -0.2) is 32.3 Å². The van der Waals surface area contributed by atoms with Gasteiger partial charge >= 0.3 is 5.97 Å². The molecule has 0 aromatic heterocycles. The first-order valence-corrected chi connectivity index (χ1v) is 9.38. The molecule has 0 radical (unpaired) electrons. The maximum absolute atomic E-state index is 13.2. The second-order valence-electron chi connectivity index (χ2n) is 7.66. The Kier molecular flexibility index (Phi) is 5.49. The van der Waals surface area contributed by atoms with Crippen LogP contribution in [0.3, 0.4) is 0 Å². The number of carbonyl (C=O) groups excluding carboxylic acids is 3. The summed E-state index contributed by atoms with van der Waals surface area (Å²) < 4.78 is 10.0. The molecule has 0 amide bonds. The largest absolute Gasteiger partial charge is 0.497 e. The van der Waals surface area contributed by atoms with Gasteiger partial charge in [-0.05, 0) is 60.8 Å². The SMILES string of the molecule is COC(=O)/C=C1\CC[C@@H]([C@H]2CCc3cc(OC)ccc3C2=O)[C@]1(C)CC=O. The number of aryl methyl sites for hydroxylation is 1. The molecule has 0 saturated heterocycles. The summed E-state index contributed by atoms with van der Waals surface area (Å²) in [4.78, 5) is 36.4. The van der Waals surface area contributed by atoms with E-state index >= 15 is 0 Å². The standard InChI is InChI=1S/C22H26O5/c1-22(10-11-23)15(13-20(24)27-3)5-9-19(22)18-7-4-14-12-16(26-2)6-8-17(14)21(18)25/h6,8,11-13,18-19H,4-5,7,9-10H2,1-3H3/b15-13+/t18-,19+,22-/m1/s1. The van der Waals surface area contributed by atoms with Gasteiger partial charge in [-0.3, -0.25) is 4.79 Å². The minimum atomic E-state index is -0.486. The Morgan fingerprint density at radius 2 is 2.04 bits per heavy atom. The number of esters is 1. The van der Waals surface area contributed by atoms with Crippen molar-refractivity contribution in [1.29, 1.82) is 0 Å². The van der Waals surface area contributed by atoms with E-state index in [2.05, 4.69) is 0 Å². The quantitative estimate of drug-likeness (QED) is 0.450. The number of aldehydes is 1. The summed E-state index contributed by atoms with van der Waals surface area (Å²) in [5.74, 6) is 0.395. The van der Waals surface area contributed by atoms with E-state index in [-0.39, 0.29) is 17.6 Å². The molecule has 3 atom stereocenters. The molecular formula is C22H26O5. The van der Waals surface area contributed by atoms with Crippen molar-refractivity contribution in [1.82, 2.24) is 0 Å². The van der Waals surface area contributed by atoms with Gasteiger partial charge in [0.1, 0.15) is 12.0 Å². The number of ether oxygens (including phenoxy) is 2. The third kappa shape index (κ3) is 3.43. The third-order valence-electron chi connectivity index (χ3n) is 6.40. The van der Waals surface area contributed by atoms with Crippen molar-refractivity contribution in [2.45, 2.75) is 39.0 Å². The van der Waals surface area contributed by atoms with E-state index in [0.29, 0.717) is 12.8 Å². The zero-order valence-electron chi connectivity index (χ0n) is 16.1. The van der Waals surface area contributed by atoms with E-state index in [1.807, 2.05) is 25.1 Å². The van der Waals surface area contributed by atoms with Crippen LogP contribution >= 0.6 is 0 Å². The molecule has 1 aromatic rings. The fourth-order valence-corrected chi connectivity index (χ4v) is 4.86. The number of benzene rings is 1. The number of allylic oxidation sites excluding steroid dienone is 1. The van der Waals surface area contributed by atoms with Crippen molar-refractivity contribution in [2.24, 2.45) is 17.3 Å². The van der Waals surface area contributed by atoms with E-state index in [4.69, 9.17) is 9.47 Å². The summed E-state index contributed by atoms with van der Waals surface area (Å²) in [6, 6.07) is 5.60. The van der Waals surface area contributed by atoms with E-state index in [0.717, 1.165) is 48.0 Å². The zero-order valence-corrected chi connectivity index (χ0v) is 16.1. The fraction of sp³-hybridized carbons (Fsp3) is 0.500. The molecule has 5 heteroatoms. The van der Waals surface area contributed by atoms with E-state index in [1.54, 1.807) is 7.11 Å². The highest BCUT2D eigenvalue weighted by Crippen LogP contribution is 2.54. The Morgan fingerprint density at radius 3 is 2.70 bits per heavy atom. The zero-order chi connectivity index (χ0) is 19.6. The van der Waals surface area contributed by atoms with E-state index in [1.165, 1.54) is 13.2 Å². The molecule has 144 valence electrons.